The highest BCUT2D eigenvalue weighted by molar-refractivity contribution is 6.02. The van der Waals surface area contributed by atoms with Crippen molar-refractivity contribution < 1.29 is 24.2 Å². The first-order chi connectivity index (χ1) is 17.9. The Labute approximate surface area is 217 Å². The number of nitrogens with zero attached hydrogens (tertiary/aromatic N) is 1. The zero-order chi connectivity index (χ0) is 26.5. The number of likely N-dealkylation sites (tertiary alicyclic amines) is 1. The number of fused-ring (bicyclic) bond motifs is 1. The Morgan fingerprint density at radius 2 is 1.76 bits per heavy atom. The minimum Gasteiger partial charge on any atom is -0.497 e. The molecule has 3 amide bonds. The second kappa shape index (κ2) is 11.6. The molecule has 8 heteroatoms. The topological polar surface area (TPSA) is 108 Å². The number of hydrogen-bond donors (Lipinski definition) is 3. The molecule has 2 aromatic carbocycles. The average Bonchev–Trinajstić information content (AvgIpc) is 3.22. The van der Waals surface area contributed by atoms with Crippen molar-refractivity contribution >= 4 is 23.4 Å². The van der Waals surface area contributed by atoms with E-state index in [0.29, 0.717) is 11.4 Å². The van der Waals surface area contributed by atoms with Gasteiger partial charge in [0.2, 0.25) is 17.7 Å². The first kappa shape index (κ1) is 26.4. The Bertz CT molecular complexity index is 1130. The minimum atomic E-state index is -0.900. The molecule has 1 aliphatic heterocycles. The van der Waals surface area contributed by atoms with E-state index < -0.39 is 29.8 Å². The number of benzene rings is 2. The van der Waals surface area contributed by atoms with Crippen molar-refractivity contribution in [3.8, 4) is 5.75 Å². The second-order valence-corrected chi connectivity index (χ2v) is 9.60. The molecule has 1 saturated heterocycles. The highest BCUT2D eigenvalue weighted by atomic mass is 16.5. The Balaban J connectivity index is 1.77. The van der Waals surface area contributed by atoms with E-state index in [2.05, 4.69) is 10.6 Å². The molecule has 0 unspecified atom stereocenters. The molecule has 4 rings (SSSR count). The third kappa shape index (κ3) is 5.11. The highest BCUT2D eigenvalue weighted by Gasteiger charge is 2.58. The summed E-state index contributed by atoms with van der Waals surface area (Å²) in [7, 11) is 3.14. The molecule has 0 saturated carbocycles. The van der Waals surface area contributed by atoms with Gasteiger partial charge in [0, 0.05) is 18.7 Å². The molecule has 6 atom stereocenters. The number of allylic oxidation sites excluding steroid dienone is 1. The maximum Gasteiger partial charge on any atom is 0.247 e. The van der Waals surface area contributed by atoms with Crippen molar-refractivity contribution in [1.82, 2.24) is 10.2 Å². The van der Waals surface area contributed by atoms with Crippen LogP contribution in [0.25, 0.3) is 0 Å². The summed E-state index contributed by atoms with van der Waals surface area (Å²) in [6, 6.07) is 14.5. The van der Waals surface area contributed by atoms with Crippen molar-refractivity contribution in [1.29, 1.82) is 0 Å². The lowest BCUT2D eigenvalue weighted by atomic mass is 9.68. The van der Waals surface area contributed by atoms with Crippen LogP contribution in [0.5, 0.6) is 5.75 Å². The number of hydrogen-bond acceptors (Lipinski definition) is 5. The molecule has 1 aliphatic carbocycles. The van der Waals surface area contributed by atoms with E-state index >= 15 is 0 Å². The normalized spacial score (nSPS) is 25.4. The maximum absolute atomic E-state index is 14.1. The van der Waals surface area contributed by atoms with E-state index in [1.165, 1.54) is 4.90 Å². The molecule has 3 N–H and O–H groups in total. The molecule has 8 nitrogen and oxygen atoms in total. The number of methoxy groups -OCH3 is 1. The maximum atomic E-state index is 14.1. The Morgan fingerprint density at radius 3 is 2.35 bits per heavy atom. The van der Waals surface area contributed by atoms with Crippen LogP contribution in [0.1, 0.15) is 31.4 Å². The number of carbonyl (C=O) groups is 3. The highest BCUT2D eigenvalue weighted by Crippen LogP contribution is 2.47. The molecule has 0 radical (unpaired) electrons. The van der Waals surface area contributed by atoms with Crippen molar-refractivity contribution in [2.24, 2.45) is 23.7 Å². The van der Waals surface area contributed by atoms with Crippen LogP contribution in [-0.2, 0) is 14.4 Å². The van der Waals surface area contributed by atoms with Gasteiger partial charge in [0.1, 0.15) is 11.8 Å². The number of carbonyl (C=O) groups excluding carboxylic acids is 3. The van der Waals surface area contributed by atoms with Gasteiger partial charge < -0.3 is 25.4 Å². The molecule has 196 valence electrons. The summed E-state index contributed by atoms with van der Waals surface area (Å²) in [4.78, 5) is 42.6. The summed E-state index contributed by atoms with van der Waals surface area (Å²) in [5, 5.41) is 16.1. The molecule has 1 heterocycles. The van der Waals surface area contributed by atoms with Gasteiger partial charge in [-0.1, -0.05) is 55.8 Å². The lowest BCUT2D eigenvalue weighted by Gasteiger charge is -2.34. The smallest absolute Gasteiger partial charge is 0.247 e. The van der Waals surface area contributed by atoms with E-state index in [1.807, 2.05) is 49.4 Å². The summed E-state index contributed by atoms with van der Waals surface area (Å²) in [5.74, 6) is -2.12. The summed E-state index contributed by atoms with van der Waals surface area (Å²) in [5.41, 5.74) is 1.29. The number of amides is 3. The van der Waals surface area contributed by atoms with Crippen molar-refractivity contribution in [2.75, 3.05) is 26.1 Å². The standard InChI is InChI=1S/C29H35N3O5/c1-4-8-19-11-16-22-25(24(19)27(34)30-2)29(36)32(23(17-33)18-9-6-5-7-10-18)26(22)28(35)31-20-12-14-21(37-3)15-13-20/h5-7,9-16,19,22-26,33H,4,8,17H2,1-3H3,(H,30,34)(H,31,35)/t19-,22+,23-,24-,25-,26+/m1/s1. The van der Waals surface area contributed by atoms with Gasteiger partial charge in [-0.2, -0.15) is 0 Å². The average molecular weight is 506 g/mol. The lowest BCUT2D eigenvalue weighted by Crippen LogP contribution is -2.46. The van der Waals surface area contributed by atoms with Gasteiger partial charge >= 0.3 is 0 Å². The number of aliphatic hydroxyl groups excluding tert-OH is 1. The fourth-order valence-corrected chi connectivity index (χ4v) is 5.83. The molecule has 2 aromatic rings. The predicted molar refractivity (Wildman–Crippen MR) is 141 cm³/mol. The Hall–Kier alpha value is -3.65. The number of anilines is 1. The lowest BCUT2D eigenvalue weighted by molar-refractivity contribution is -0.143. The van der Waals surface area contributed by atoms with Crippen molar-refractivity contribution in [3.05, 3.63) is 72.3 Å². The summed E-state index contributed by atoms with van der Waals surface area (Å²) >= 11 is 0. The quantitative estimate of drug-likeness (QED) is 0.454. The fourth-order valence-electron chi connectivity index (χ4n) is 5.83. The van der Waals surface area contributed by atoms with Crippen LogP contribution in [0.4, 0.5) is 5.69 Å². The third-order valence-electron chi connectivity index (χ3n) is 7.54. The first-order valence-electron chi connectivity index (χ1n) is 12.8. The number of aliphatic hydroxyl groups is 1. The van der Waals surface area contributed by atoms with Crippen LogP contribution in [0.15, 0.2) is 66.7 Å². The van der Waals surface area contributed by atoms with Crippen molar-refractivity contribution in [3.63, 3.8) is 0 Å². The van der Waals surface area contributed by atoms with Crippen LogP contribution in [0.2, 0.25) is 0 Å². The minimum absolute atomic E-state index is 0.107. The Morgan fingerprint density at radius 1 is 1.05 bits per heavy atom. The van der Waals surface area contributed by atoms with Crippen LogP contribution in [0, 0.1) is 23.7 Å². The van der Waals surface area contributed by atoms with Gasteiger partial charge in [0.05, 0.1) is 31.6 Å². The predicted octanol–water partition coefficient (Wildman–Crippen LogP) is 3.16. The molecule has 2 aliphatic rings. The van der Waals surface area contributed by atoms with E-state index in [1.54, 1.807) is 38.4 Å². The van der Waals surface area contributed by atoms with E-state index in [0.717, 1.165) is 18.4 Å². The molecule has 37 heavy (non-hydrogen) atoms. The van der Waals surface area contributed by atoms with Gasteiger partial charge in [-0.3, -0.25) is 14.4 Å². The SMILES string of the molecule is CCC[C@@H]1C=C[C@H]2[C@@H](C(=O)N([C@H](CO)c3ccccc3)[C@@H]2C(=O)Nc2ccc(OC)cc2)[C@@H]1C(=O)NC. The number of nitrogens with one attached hydrogen (secondary N) is 2. The van der Waals surface area contributed by atoms with E-state index in [9.17, 15) is 19.5 Å². The zero-order valence-electron chi connectivity index (χ0n) is 21.5. The summed E-state index contributed by atoms with van der Waals surface area (Å²) in [6.07, 6.45) is 5.55. The van der Waals surface area contributed by atoms with Gasteiger partial charge in [0.15, 0.2) is 0 Å². The zero-order valence-corrected chi connectivity index (χ0v) is 21.5. The van der Waals surface area contributed by atoms with E-state index in [4.69, 9.17) is 4.74 Å². The molecular formula is C29H35N3O5. The summed E-state index contributed by atoms with van der Waals surface area (Å²) in [6.45, 7) is 1.69. The van der Waals surface area contributed by atoms with Gasteiger partial charge in [-0.05, 0) is 42.2 Å². The van der Waals surface area contributed by atoms with Gasteiger partial charge in [-0.25, -0.2) is 0 Å². The van der Waals surface area contributed by atoms with Crippen LogP contribution in [-0.4, -0.2) is 54.5 Å². The van der Waals surface area contributed by atoms with Gasteiger partial charge in [-0.15, -0.1) is 0 Å². The molecule has 0 aromatic heterocycles. The summed E-state index contributed by atoms with van der Waals surface area (Å²) < 4.78 is 5.21. The number of rotatable bonds is 9. The molecular weight excluding hydrogens is 470 g/mol. The largest absolute Gasteiger partial charge is 0.497 e. The number of ether oxygens (including phenoxy) is 1. The van der Waals surface area contributed by atoms with Crippen molar-refractivity contribution in [2.45, 2.75) is 31.8 Å². The monoisotopic (exact) mass is 505 g/mol. The van der Waals surface area contributed by atoms with E-state index in [-0.39, 0.29) is 30.2 Å². The molecule has 0 bridgehead atoms. The fraction of sp³-hybridized carbons (Fsp3) is 0.414. The first-order valence-corrected chi connectivity index (χ1v) is 12.8. The van der Waals surface area contributed by atoms with Crippen LogP contribution in [0.3, 0.4) is 0 Å². The molecule has 1 fully saturated rings. The van der Waals surface area contributed by atoms with Crippen LogP contribution < -0.4 is 15.4 Å². The molecule has 0 spiro atoms. The second-order valence-electron chi connectivity index (χ2n) is 9.60. The van der Waals surface area contributed by atoms with Crippen LogP contribution >= 0.6 is 0 Å². The van der Waals surface area contributed by atoms with Gasteiger partial charge in [0.25, 0.3) is 0 Å². The third-order valence-corrected chi connectivity index (χ3v) is 7.54. The Kier molecular flexibility index (Phi) is 8.28.